The molecule has 1 aliphatic rings. The number of benzene rings is 2. The number of carbonyl (C=O) groups is 1. The number of nitrogens with zero attached hydrogens (tertiary/aromatic N) is 3. The molecular weight excluding hydrogens is 393 g/mol. The highest BCUT2D eigenvalue weighted by atomic mass is 32.1. The Labute approximate surface area is 172 Å². The molecule has 0 N–H and O–H groups in total. The van der Waals surface area contributed by atoms with Gasteiger partial charge in [0.25, 0.3) is 5.91 Å². The van der Waals surface area contributed by atoms with Gasteiger partial charge in [-0.15, -0.1) is 0 Å². The van der Waals surface area contributed by atoms with Gasteiger partial charge in [0.05, 0.1) is 17.9 Å². The molecule has 6 nitrogen and oxygen atoms in total. The van der Waals surface area contributed by atoms with Gasteiger partial charge < -0.3 is 9.47 Å². The fourth-order valence-electron chi connectivity index (χ4n) is 3.15. The largest absolute Gasteiger partial charge is 0.484 e. The van der Waals surface area contributed by atoms with Crippen LogP contribution in [0.4, 0.5) is 9.52 Å². The maximum Gasteiger partial charge on any atom is 0.266 e. The molecule has 152 valence electrons. The first kappa shape index (κ1) is 19.8. The van der Waals surface area contributed by atoms with Crippen LogP contribution in [-0.2, 0) is 9.53 Å². The summed E-state index contributed by atoms with van der Waals surface area (Å²) in [5, 5.41) is 0.486. The minimum absolute atomic E-state index is 0.106. The number of fused-ring (bicyclic) bond motifs is 1. The molecule has 0 unspecified atom stereocenters. The van der Waals surface area contributed by atoms with Gasteiger partial charge in [-0.1, -0.05) is 35.6 Å². The number of hydrogen-bond acceptors (Lipinski definition) is 6. The van der Waals surface area contributed by atoms with Gasteiger partial charge in [-0.3, -0.25) is 14.6 Å². The van der Waals surface area contributed by atoms with Crippen LogP contribution in [0, 0.1) is 5.82 Å². The molecule has 0 spiro atoms. The Morgan fingerprint density at radius 2 is 1.97 bits per heavy atom. The maximum atomic E-state index is 14.1. The van der Waals surface area contributed by atoms with E-state index in [2.05, 4.69) is 9.88 Å². The van der Waals surface area contributed by atoms with Crippen LogP contribution in [0.25, 0.3) is 10.2 Å². The van der Waals surface area contributed by atoms with E-state index in [-0.39, 0.29) is 18.3 Å². The van der Waals surface area contributed by atoms with Crippen molar-refractivity contribution in [1.82, 2.24) is 9.88 Å². The summed E-state index contributed by atoms with van der Waals surface area (Å²) in [5.74, 6) is 0.0389. The summed E-state index contributed by atoms with van der Waals surface area (Å²) in [6, 6.07) is 14.0. The van der Waals surface area contributed by atoms with Crippen LogP contribution in [-0.4, -0.2) is 61.8 Å². The second kappa shape index (κ2) is 9.30. The van der Waals surface area contributed by atoms with E-state index in [1.165, 1.54) is 17.4 Å². The van der Waals surface area contributed by atoms with Crippen molar-refractivity contribution in [3.63, 3.8) is 0 Å². The predicted molar refractivity (Wildman–Crippen MR) is 111 cm³/mol. The topological polar surface area (TPSA) is 54.9 Å². The number of thiazole rings is 1. The summed E-state index contributed by atoms with van der Waals surface area (Å²) in [7, 11) is 0. The third-order valence-corrected chi connectivity index (χ3v) is 5.78. The summed E-state index contributed by atoms with van der Waals surface area (Å²) in [5.41, 5.74) is 0.292. The Kier molecular flexibility index (Phi) is 6.33. The van der Waals surface area contributed by atoms with Crippen LogP contribution in [0.15, 0.2) is 48.5 Å². The number of hydrogen-bond donors (Lipinski definition) is 0. The molecule has 1 aromatic heterocycles. The van der Waals surface area contributed by atoms with Gasteiger partial charge in [0.15, 0.2) is 11.7 Å². The quantitative estimate of drug-likeness (QED) is 0.593. The van der Waals surface area contributed by atoms with E-state index >= 15 is 0 Å². The summed E-state index contributed by atoms with van der Waals surface area (Å²) < 4.78 is 25.8. The number of amides is 1. The summed E-state index contributed by atoms with van der Waals surface area (Å²) >= 11 is 1.31. The lowest BCUT2D eigenvalue weighted by Gasteiger charge is -2.29. The molecule has 8 heteroatoms. The van der Waals surface area contributed by atoms with Crippen LogP contribution in [0.3, 0.4) is 0 Å². The van der Waals surface area contributed by atoms with Gasteiger partial charge in [-0.25, -0.2) is 9.37 Å². The summed E-state index contributed by atoms with van der Waals surface area (Å²) in [6.07, 6.45) is 0. The molecule has 2 heterocycles. The number of para-hydroxylation sites is 2. The average Bonchev–Trinajstić information content (AvgIpc) is 3.19. The first-order chi connectivity index (χ1) is 14.2. The molecule has 0 atom stereocenters. The van der Waals surface area contributed by atoms with Crippen molar-refractivity contribution < 1.29 is 18.7 Å². The zero-order chi connectivity index (χ0) is 20.1. The molecule has 0 saturated carbocycles. The molecular formula is C21H22FN3O3S. The standard InChI is InChI=1S/C21H22FN3O3S/c22-17-7-4-8-18-20(17)23-21(29-18)25(10-9-24-11-13-27-14-12-24)19(26)15-28-16-5-2-1-3-6-16/h1-8H,9-15H2. The fraction of sp³-hybridized carbons (Fsp3) is 0.333. The molecule has 4 rings (SSSR count). The minimum atomic E-state index is -0.383. The zero-order valence-corrected chi connectivity index (χ0v) is 16.7. The Hall–Kier alpha value is -2.55. The lowest BCUT2D eigenvalue weighted by molar-refractivity contribution is -0.120. The molecule has 3 aromatic rings. The van der Waals surface area contributed by atoms with E-state index in [0.29, 0.717) is 47.4 Å². The molecule has 2 aromatic carbocycles. The Morgan fingerprint density at radius 3 is 2.72 bits per heavy atom. The zero-order valence-electron chi connectivity index (χ0n) is 15.9. The highest BCUT2D eigenvalue weighted by Gasteiger charge is 2.22. The first-order valence-electron chi connectivity index (χ1n) is 9.54. The van der Waals surface area contributed by atoms with E-state index in [9.17, 15) is 9.18 Å². The smallest absolute Gasteiger partial charge is 0.266 e. The number of ether oxygens (including phenoxy) is 2. The number of carbonyl (C=O) groups excluding carboxylic acids is 1. The van der Waals surface area contributed by atoms with Crippen LogP contribution in [0.2, 0.25) is 0 Å². The highest BCUT2D eigenvalue weighted by Crippen LogP contribution is 2.30. The van der Waals surface area contributed by atoms with E-state index < -0.39 is 0 Å². The number of aromatic nitrogens is 1. The fourth-order valence-corrected chi connectivity index (χ4v) is 4.17. The van der Waals surface area contributed by atoms with Crippen molar-refractivity contribution in [2.24, 2.45) is 0 Å². The van der Waals surface area contributed by atoms with Crippen LogP contribution < -0.4 is 9.64 Å². The Bertz CT molecular complexity index is 960. The maximum absolute atomic E-state index is 14.1. The van der Waals surface area contributed by atoms with Gasteiger partial charge in [0.2, 0.25) is 0 Å². The molecule has 0 bridgehead atoms. The van der Waals surface area contributed by atoms with E-state index in [4.69, 9.17) is 9.47 Å². The van der Waals surface area contributed by atoms with Crippen molar-refractivity contribution >= 4 is 32.6 Å². The SMILES string of the molecule is O=C(COc1ccccc1)N(CCN1CCOCC1)c1nc2c(F)cccc2s1. The first-order valence-corrected chi connectivity index (χ1v) is 10.4. The molecule has 29 heavy (non-hydrogen) atoms. The van der Waals surface area contributed by atoms with E-state index in [1.807, 2.05) is 24.3 Å². The molecule has 1 aliphatic heterocycles. The number of anilines is 1. The van der Waals surface area contributed by atoms with Gasteiger partial charge in [0, 0.05) is 26.2 Å². The summed E-state index contributed by atoms with van der Waals surface area (Å²) in [6.45, 7) is 4.09. The summed E-state index contributed by atoms with van der Waals surface area (Å²) in [4.78, 5) is 21.2. The minimum Gasteiger partial charge on any atom is -0.484 e. The Balaban J connectivity index is 1.52. The van der Waals surface area contributed by atoms with Crippen molar-refractivity contribution in [3.8, 4) is 5.75 Å². The van der Waals surface area contributed by atoms with Gasteiger partial charge in [-0.05, 0) is 24.3 Å². The van der Waals surface area contributed by atoms with E-state index in [1.54, 1.807) is 23.1 Å². The normalized spacial score (nSPS) is 14.8. The lowest BCUT2D eigenvalue weighted by Crippen LogP contribution is -2.44. The number of halogens is 1. The Morgan fingerprint density at radius 1 is 1.17 bits per heavy atom. The van der Waals surface area contributed by atoms with Crippen molar-refractivity contribution in [1.29, 1.82) is 0 Å². The van der Waals surface area contributed by atoms with Gasteiger partial charge >= 0.3 is 0 Å². The third-order valence-electron chi connectivity index (χ3n) is 4.74. The van der Waals surface area contributed by atoms with Gasteiger partial charge in [-0.2, -0.15) is 0 Å². The molecule has 1 amide bonds. The molecule has 1 saturated heterocycles. The van der Waals surface area contributed by atoms with Crippen LogP contribution in [0.1, 0.15) is 0 Å². The third kappa shape index (κ3) is 4.90. The average molecular weight is 415 g/mol. The van der Waals surface area contributed by atoms with Crippen LogP contribution >= 0.6 is 11.3 Å². The lowest BCUT2D eigenvalue weighted by atomic mass is 10.3. The second-order valence-corrected chi connectivity index (χ2v) is 7.69. The van der Waals surface area contributed by atoms with Gasteiger partial charge in [0.1, 0.15) is 17.1 Å². The molecule has 1 fully saturated rings. The van der Waals surface area contributed by atoms with E-state index in [0.717, 1.165) is 13.1 Å². The van der Waals surface area contributed by atoms with Crippen molar-refractivity contribution in [2.75, 3.05) is 50.9 Å². The number of rotatable bonds is 7. The van der Waals surface area contributed by atoms with Crippen molar-refractivity contribution in [2.45, 2.75) is 0 Å². The molecule has 0 aliphatic carbocycles. The highest BCUT2D eigenvalue weighted by molar-refractivity contribution is 7.22. The second-order valence-electron chi connectivity index (χ2n) is 6.68. The number of morpholine rings is 1. The van der Waals surface area contributed by atoms with Crippen molar-refractivity contribution in [3.05, 3.63) is 54.3 Å². The van der Waals surface area contributed by atoms with Crippen LogP contribution in [0.5, 0.6) is 5.75 Å². The predicted octanol–water partition coefficient (Wildman–Crippen LogP) is 3.18. The monoisotopic (exact) mass is 415 g/mol. The molecule has 0 radical (unpaired) electrons.